The third-order valence-corrected chi connectivity index (χ3v) is 3.59. The summed E-state index contributed by atoms with van der Waals surface area (Å²) >= 11 is 0. The van der Waals surface area contributed by atoms with Crippen LogP contribution in [-0.2, 0) is 6.54 Å². The second kappa shape index (κ2) is 5.50. The standard InChI is InChI=1S/C14H21FN2/c1-17(9-11-5-2-3-6-11)10-12-7-4-8-13(16)14(12)15/h4,7-8,11H,2-3,5-6,9-10,16H2,1H3. The molecule has 2 N–H and O–H groups in total. The Morgan fingerprint density at radius 1 is 1.35 bits per heavy atom. The Labute approximate surface area is 103 Å². The van der Waals surface area contributed by atoms with Crippen molar-refractivity contribution in [3.63, 3.8) is 0 Å². The van der Waals surface area contributed by atoms with Crippen molar-refractivity contribution in [3.05, 3.63) is 29.6 Å². The second-order valence-corrected chi connectivity index (χ2v) is 5.17. The molecule has 1 aromatic rings. The fourth-order valence-electron chi connectivity index (χ4n) is 2.71. The third kappa shape index (κ3) is 3.19. The molecule has 17 heavy (non-hydrogen) atoms. The fourth-order valence-corrected chi connectivity index (χ4v) is 2.71. The number of hydrogen-bond donors (Lipinski definition) is 1. The van der Waals surface area contributed by atoms with Gasteiger partial charge in [-0.25, -0.2) is 4.39 Å². The largest absolute Gasteiger partial charge is 0.396 e. The number of nitrogens with two attached hydrogens (primary N) is 1. The first-order chi connectivity index (χ1) is 8.16. The molecule has 0 atom stereocenters. The molecule has 0 aliphatic heterocycles. The minimum atomic E-state index is -0.259. The third-order valence-electron chi connectivity index (χ3n) is 3.59. The van der Waals surface area contributed by atoms with Gasteiger partial charge in [0, 0.05) is 18.7 Å². The Bertz CT molecular complexity index is 372. The molecule has 94 valence electrons. The van der Waals surface area contributed by atoms with Crippen LogP contribution in [0.5, 0.6) is 0 Å². The maximum atomic E-state index is 13.7. The molecule has 0 unspecified atom stereocenters. The van der Waals surface area contributed by atoms with Gasteiger partial charge < -0.3 is 10.6 Å². The van der Waals surface area contributed by atoms with Gasteiger partial charge in [-0.15, -0.1) is 0 Å². The van der Waals surface area contributed by atoms with Crippen molar-refractivity contribution in [1.82, 2.24) is 4.90 Å². The van der Waals surface area contributed by atoms with Crippen LogP contribution in [0.25, 0.3) is 0 Å². The number of rotatable bonds is 4. The Balaban J connectivity index is 1.93. The van der Waals surface area contributed by atoms with Crippen molar-refractivity contribution in [1.29, 1.82) is 0 Å². The van der Waals surface area contributed by atoms with Crippen LogP contribution < -0.4 is 5.73 Å². The van der Waals surface area contributed by atoms with Gasteiger partial charge in [-0.2, -0.15) is 0 Å². The lowest BCUT2D eigenvalue weighted by molar-refractivity contribution is 0.268. The quantitative estimate of drug-likeness (QED) is 0.814. The number of nitrogen functional groups attached to an aromatic ring is 1. The molecule has 1 aromatic carbocycles. The van der Waals surface area contributed by atoms with E-state index in [1.165, 1.54) is 25.7 Å². The first-order valence-electron chi connectivity index (χ1n) is 6.38. The highest BCUT2D eigenvalue weighted by Gasteiger charge is 2.17. The lowest BCUT2D eigenvalue weighted by Crippen LogP contribution is -2.24. The van der Waals surface area contributed by atoms with Gasteiger partial charge in [0.15, 0.2) is 5.82 Å². The molecule has 2 nitrogen and oxygen atoms in total. The van der Waals surface area contributed by atoms with Gasteiger partial charge in [0.1, 0.15) is 0 Å². The van der Waals surface area contributed by atoms with Crippen molar-refractivity contribution in [2.45, 2.75) is 32.2 Å². The van der Waals surface area contributed by atoms with Gasteiger partial charge in [0.25, 0.3) is 0 Å². The summed E-state index contributed by atoms with van der Waals surface area (Å²) in [6.07, 6.45) is 5.35. The molecular weight excluding hydrogens is 215 g/mol. The van der Waals surface area contributed by atoms with Gasteiger partial charge in [0.2, 0.25) is 0 Å². The molecule has 1 aliphatic rings. The van der Waals surface area contributed by atoms with E-state index in [1.807, 2.05) is 12.1 Å². The van der Waals surface area contributed by atoms with E-state index in [0.29, 0.717) is 12.1 Å². The van der Waals surface area contributed by atoms with E-state index in [1.54, 1.807) is 6.07 Å². The lowest BCUT2D eigenvalue weighted by atomic mass is 10.1. The molecule has 0 spiro atoms. The minimum Gasteiger partial charge on any atom is -0.396 e. The molecular formula is C14H21FN2. The number of nitrogens with zero attached hydrogens (tertiary/aromatic N) is 1. The molecule has 1 aliphatic carbocycles. The summed E-state index contributed by atoms with van der Waals surface area (Å²) in [5.41, 5.74) is 6.51. The summed E-state index contributed by atoms with van der Waals surface area (Å²) in [7, 11) is 2.06. The SMILES string of the molecule is CN(Cc1cccc(N)c1F)CC1CCCC1. The van der Waals surface area contributed by atoms with E-state index in [0.717, 1.165) is 12.5 Å². The summed E-state index contributed by atoms with van der Waals surface area (Å²) in [6.45, 7) is 1.71. The maximum Gasteiger partial charge on any atom is 0.150 e. The number of halogens is 1. The normalized spacial score (nSPS) is 16.9. The topological polar surface area (TPSA) is 29.3 Å². The van der Waals surface area contributed by atoms with Crippen LogP contribution in [-0.4, -0.2) is 18.5 Å². The average molecular weight is 236 g/mol. The molecule has 0 saturated heterocycles. The Hall–Kier alpha value is -1.09. The van der Waals surface area contributed by atoms with Crippen molar-refractivity contribution in [3.8, 4) is 0 Å². The van der Waals surface area contributed by atoms with Gasteiger partial charge >= 0.3 is 0 Å². The van der Waals surface area contributed by atoms with E-state index >= 15 is 0 Å². The lowest BCUT2D eigenvalue weighted by Gasteiger charge is -2.21. The van der Waals surface area contributed by atoms with Crippen molar-refractivity contribution >= 4 is 5.69 Å². The minimum absolute atomic E-state index is 0.247. The summed E-state index contributed by atoms with van der Waals surface area (Å²) in [5.74, 6) is 0.537. The first kappa shape index (κ1) is 12.4. The van der Waals surface area contributed by atoms with Crippen molar-refractivity contribution in [2.24, 2.45) is 5.92 Å². The summed E-state index contributed by atoms with van der Waals surface area (Å²) in [4.78, 5) is 2.20. The summed E-state index contributed by atoms with van der Waals surface area (Å²) in [5, 5.41) is 0. The maximum absolute atomic E-state index is 13.7. The van der Waals surface area contributed by atoms with Crippen LogP contribution in [0.15, 0.2) is 18.2 Å². The predicted octanol–water partition coefficient (Wildman–Crippen LogP) is 3.03. The average Bonchev–Trinajstić information content (AvgIpc) is 2.77. The van der Waals surface area contributed by atoms with Crippen molar-refractivity contribution in [2.75, 3.05) is 19.3 Å². The number of hydrogen-bond acceptors (Lipinski definition) is 2. The molecule has 0 aromatic heterocycles. The summed E-state index contributed by atoms with van der Waals surface area (Å²) in [6, 6.07) is 5.24. The zero-order valence-electron chi connectivity index (χ0n) is 10.5. The van der Waals surface area contributed by atoms with Gasteiger partial charge in [-0.3, -0.25) is 0 Å². The highest BCUT2D eigenvalue weighted by atomic mass is 19.1. The smallest absolute Gasteiger partial charge is 0.150 e. The molecule has 1 fully saturated rings. The van der Waals surface area contributed by atoms with Crippen LogP contribution in [0.2, 0.25) is 0 Å². The molecule has 2 rings (SSSR count). The zero-order valence-corrected chi connectivity index (χ0v) is 10.5. The Kier molecular flexibility index (Phi) is 4.00. The molecule has 0 bridgehead atoms. The first-order valence-corrected chi connectivity index (χ1v) is 6.38. The molecule has 0 amide bonds. The molecule has 0 radical (unpaired) electrons. The van der Waals surface area contributed by atoms with E-state index < -0.39 is 0 Å². The Morgan fingerprint density at radius 3 is 2.76 bits per heavy atom. The molecule has 1 saturated carbocycles. The van der Waals surface area contributed by atoms with Crippen LogP contribution >= 0.6 is 0 Å². The van der Waals surface area contributed by atoms with Gasteiger partial charge in [-0.1, -0.05) is 25.0 Å². The second-order valence-electron chi connectivity index (χ2n) is 5.17. The van der Waals surface area contributed by atoms with Gasteiger partial charge in [0.05, 0.1) is 5.69 Å². The fraction of sp³-hybridized carbons (Fsp3) is 0.571. The highest BCUT2D eigenvalue weighted by Crippen LogP contribution is 2.26. The molecule has 0 heterocycles. The molecule has 3 heteroatoms. The van der Waals surface area contributed by atoms with E-state index in [9.17, 15) is 4.39 Å². The van der Waals surface area contributed by atoms with Gasteiger partial charge in [-0.05, 0) is 31.9 Å². The van der Waals surface area contributed by atoms with Crippen LogP contribution in [0.3, 0.4) is 0 Å². The van der Waals surface area contributed by atoms with E-state index in [-0.39, 0.29) is 11.5 Å². The van der Waals surface area contributed by atoms with Crippen LogP contribution in [0.4, 0.5) is 10.1 Å². The van der Waals surface area contributed by atoms with E-state index in [4.69, 9.17) is 5.73 Å². The Morgan fingerprint density at radius 2 is 2.06 bits per heavy atom. The van der Waals surface area contributed by atoms with Crippen LogP contribution in [0.1, 0.15) is 31.2 Å². The number of anilines is 1. The van der Waals surface area contributed by atoms with Crippen LogP contribution in [0, 0.1) is 11.7 Å². The number of benzene rings is 1. The summed E-state index contributed by atoms with van der Waals surface area (Å²) < 4.78 is 13.7. The zero-order chi connectivity index (χ0) is 12.3. The van der Waals surface area contributed by atoms with Crippen molar-refractivity contribution < 1.29 is 4.39 Å². The predicted molar refractivity (Wildman–Crippen MR) is 69.1 cm³/mol. The highest BCUT2D eigenvalue weighted by molar-refractivity contribution is 5.42. The monoisotopic (exact) mass is 236 g/mol. The van der Waals surface area contributed by atoms with E-state index in [2.05, 4.69) is 11.9 Å².